The predicted molar refractivity (Wildman–Crippen MR) is 135 cm³/mol. The third-order valence-electron chi connectivity index (χ3n) is 5.93. The molecule has 2 N–H and O–H groups in total. The molecule has 2 aromatic heterocycles. The van der Waals surface area contributed by atoms with Gasteiger partial charge >= 0.3 is 0 Å². The maximum Gasteiger partial charge on any atom is 0.243 e. The first-order valence-corrected chi connectivity index (χ1v) is 13.5. The van der Waals surface area contributed by atoms with Gasteiger partial charge in [0.1, 0.15) is 17.1 Å². The number of aromatic amines is 1. The summed E-state index contributed by atoms with van der Waals surface area (Å²) in [6.07, 6.45) is 1.72. The molecule has 3 heterocycles. The van der Waals surface area contributed by atoms with Crippen molar-refractivity contribution in [2.75, 3.05) is 19.7 Å². The van der Waals surface area contributed by atoms with E-state index in [1.807, 2.05) is 27.8 Å². The molecule has 0 saturated carbocycles. The van der Waals surface area contributed by atoms with Crippen molar-refractivity contribution in [3.8, 4) is 17.1 Å². The van der Waals surface area contributed by atoms with Gasteiger partial charge in [-0.3, -0.25) is 4.68 Å². The van der Waals surface area contributed by atoms with Gasteiger partial charge in [-0.2, -0.15) is 9.40 Å². The number of aromatic nitrogens is 4. The molecule has 184 valence electrons. The van der Waals surface area contributed by atoms with E-state index in [2.05, 4.69) is 27.3 Å². The highest BCUT2D eigenvalue weighted by molar-refractivity contribution is 7.89. The quantitative estimate of drug-likeness (QED) is 0.475. The Morgan fingerprint density at radius 2 is 1.91 bits per heavy atom. The summed E-state index contributed by atoms with van der Waals surface area (Å²) in [6, 6.07) is 5.07. The Morgan fingerprint density at radius 3 is 2.56 bits per heavy atom. The molecule has 0 amide bonds. The number of hydrogen-bond donors (Lipinski definition) is 2. The Hall–Kier alpha value is -2.34. The summed E-state index contributed by atoms with van der Waals surface area (Å²) in [5.74, 6) is 1.01. The van der Waals surface area contributed by atoms with Crippen LogP contribution in [0.3, 0.4) is 0 Å². The first-order chi connectivity index (χ1) is 16.1. The van der Waals surface area contributed by atoms with Crippen LogP contribution in [-0.2, 0) is 23.5 Å². The highest BCUT2D eigenvalue weighted by atomic mass is 32.2. The van der Waals surface area contributed by atoms with Crippen LogP contribution in [0.5, 0.6) is 5.75 Å². The summed E-state index contributed by atoms with van der Waals surface area (Å²) in [5.41, 5.74) is 3.03. The van der Waals surface area contributed by atoms with Gasteiger partial charge in [-0.1, -0.05) is 25.6 Å². The van der Waals surface area contributed by atoms with E-state index in [-0.39, 0.29) is 17.0 Å². The van der Waals surface area contributed by atoms with E-state index in [9.17, 15) is 8.42 Å². The molecule has 0 spiro atoms. The number of ether oxygens (including phenoxy) is 1. The van der Waals surface area contributed by atoms with Crippen molar-refractivity contribution in [2.45, 2.75) is 57.5 Å². The van der Waals surface area contributed by atoms with E-state index in [0.29, 0.717) is 41.5 Å². The largest absolute Gasteiger partial charge is 0.493 e. The molecule has 0 aliphatic carbocycles. The number of nitrogens with zero attached hydrogens (tertiary/aromatic N) is 4. The lowest BCUT2D eigenvalue weighted by atomic mass is 10.1. The Bertz CT molecular complexity index is 1360. The average molecular weight is 505 g/mol. The minimum absolute atomic E-state index is 0.0726. The number of fused-ring (bicyclic) bond motifs is 1. The van der Waals surface area contributed by atoms with Crippen LogP contribution in [0.1, 0.15) is 39.8 Å². The number of hydrogen-bond acceptors (Lipinski definition) is 7. The molecule has 0 unspecified atom stereocenters. The number of sulfonamides is 1. The molecule has 4 rings (SSSR count). The molecule has 11 heteroatoms. The minimum Gasteiger partial charge on any atom is -0.493 e. The zero-order valence-electron chi connectivity index (χ0n) is 20.3. The Kier molecular flexibility index (Phi) is 7.09. The summed E-state index contributed by atoms with van der Waals surface area (Å²) < 4.78 is 36.6. The number of nitrogens with one attached hydrogen (secondary N) is 2. The van der Waals surface area contributed by atoms with Crippen molar-refractivity contribution in [1.29, 1.82) is 0 Å². The van der Waals surface area contributed by atoms with Gasteiger partial charge in [0.15, 0.2) is 4.64 Å². The van der Waals surface area contributed by atoms with E-state index in [0.717, 1.165) is 29.6 Å². The van der Waals surface area contributed by atoms with Gasteiger partial charge in [-0.05, 0) is 45.4 Å². The van der Waals surface area contributed by atoms with Crippen LogP contribution in [-0.4, -0.2) is 64.3 Å². The average Bonchev–Trinajstić information content (AvgIpc) is 3.09. The number of aryl methyl sites for hydroxylation is 2. The van der Waals surface area contributed by atoms with Crippen molar-refractivity contribution in [1.82, 2.24) is 29.4 Å². The minimum atomic E-state index is -3.70. The predicted octanol–water partition coefficient (Wildman–Crippen LogP) is 3.41. The van der Waals surface area contributed by atoms with Gasteiger partial charge in [-0.15, -0.1) is 0 Å². The molecule has 1 aliphatic heterocycles. The second-order valence-electron chi connectivity index (χ2n) is 8.82. The van der Waals surface area contributed by atoms with Crippen molar-refractivity contribution in [2.24, 2.45) is 7.05 Å². The van der Waals surface area contributed by atoms with E-state index in [1.54, 1.807) is 22.9 Å². The first-order valence-electron chi connectivity index (χ1n) is 11.6. The Labute approximate surface area is 205 Å². The van der Waals surface area contributed by atoms with E-state index < -0.39 is 10.0 Å². The molecule has 0 bridgehead atoms. The highest BCUT2D eigenvalue weighted by Gasteiger charge is 2.32. The molecule has 34 heavy (non-hydrogen) atoms. The molecule has 1 aliphatic rings. The summed E-state index contributed by atoms with van der Waals surface area (Å²) in [5, 5.41) is 7.98. The third-order valence-corrected chi connectivity index (χ3v) is 8.05. The fourth-order valence-electron chi connectivity index (χ4n) is 4.55. The van der Waals surface area contributed by atoms with Crippen molar-refractivity contribution in [3.05, 3.63) is 28.5 Å². The Balaban J connectivity index is 1.86. The topological polar surface area (TPSA) is 105 Å². The van der Waals surface area contributed by atoms with Gasteiger partial charge in [0.2, 0.25) is 10.0 Å². The van der Waals surface area contributed by atoms with Gasteiger partial charge < -0.3 is 15.0 Å². The zero-order chi connectivity index (χ0) is 24.6. The second-order valence-corrected chi connectivity index (χ2v) is 11.1. The van der Waals surface area contributed by atoms with Gasteiger partial charge in [0.05, 0.1) is 28.3 Å². The fourth-order valence-corrected chi connectivity index (χ4v) is 6.52. The van der Waals surface area contributed by atoms with Crippen LogP contribution >= 0.6 is 12.2 Å². The van der Waals surface area contributed by atoms with Crippen LogP contribution in [0.2, 0.25) is 0 Å². The molecular formula is C23H32N6O3S2. The maximum atomic E-state index is 13.5. The lowest BCUT2D eigenvalue weighted by molar-refractivity contribution is 0.263. The number of rotatable bonds is 7. The smallest absolute Gasteiger partial charge is 0.243 e. The lowest BCUT2D eigenvalue weighted by Gasteiger charge is -2.35. The van der Waals surface area contributed by atoms with Gasteiger partial charge in [-0.25, -0.2) is 13.4 Å². The second kappa shape index (κ2) is 9.73. The van der Waals surface area contributed by atoms with Crippen molar-refractivity contribution >= 4 is 33.3 Å². The van der Waals surface area contributed by atoms with Crippen molar-refractivity contribution < 1.29 is 13.2 Å². The van der Waals surface area contributed by atoms with Crippen LogP contribution in [0.25, 0.3) is 22.4 Å². The Morgan fingerprint density at radius 1 is 1.21 bits per heavy atom. The molecule has 1 fully saturated rings. The van der Waals surface area contributed by atoms with E-state index in [4.69, 9.17) is 17.0 Å². The fraction of sp³-hybridized carbons (Fsp3) is 0.522. The van der Waals surface area contributed by atoms with E-state index >= 15 is 0 Å². The van der Waals surface area contributed by atoms with E-state index in [1.165, 1.54) is 4.31 Å². The van der Waals surface area contributed by atoms with Crippen LogP contribution < -0.4 is 10.1 Å². The third kappa shape index (κ3) is 4.61. The number of benzene rings is 1. The number of H-pyrrole nitrogens is 1. The number of piperazine rings is 1. The van der Waals surface area contributed by atoms with Crippen LogP contribution in [0.4, 0.5) is 0 Å². The van der Waals surface area contributed by atoms with Gasteiger partial charge in [0.25, 0.3) is 0 Å². The lowest BCUT2D eigenvalue weighted by Crippen LogP contribution is -2.55. The maximum absolute atomic E-state index is 13.5. The van der Waals surface area contributed by atoms with Gasteiger partial charge in [0, 0.05) is 32.2 Å². The zero-order valence-corrected chi connectivity index (χ0v) is 21.9. The first kappa shape index (κ1) is 24.8. The molecule has 1 aromatic carbocycles. The molecule has 2 atom stereocenters. The molecule has 3 aromatic rings. The molecule has 9 nitrogen and oxygen atoms in total. The monoisotopic (exact) mass is 504 g/mol. The SMILES string of the molecule is CCCc1nn(C)c2c(=S)nc(-c3cc(S(=O)(=O)N4C[C@H](C)N[C@@H](C)C4)ccc3OCC)[nH]c12. The molecule has 0 radical (unpaired) electrons. The van der Waals surface area contributed by atoms with Crippen LogP contribution in [0, 0.1) is 4.64 Å². The molecule has 1 saturated heterocycles. The summed E-state index contributed by atoms with van der Waals surface area (Å²) in [7, 11) is -1.85. The summed E-state index contributed by atoms with van der Waals surface area (Å²) in [4.78, 5) is 8.18. The summed E-state index contributed by atoms with van der Waals surface area (Å²) >= 11 is 5.60. The van der Waals surface area contributed by atoms with Crippen molar-refractivity contribution in [3.63, 3.8) is 0 Å². The summed E-state index contributed by atoms with van der Waals surface area (Å²) in [6.45, 7) is 9.22. The van der Waals surface area contributed by atoms with Crippen LogP contribution in [0.15, 0.2) is 23.1 Å². The highest BCUT2D eigenvalue weighted by Crippen LogP contribution is 2.33. The normalized spacial score (nSPS) is 19.6. The standard InChI is InChI=1S/C23H32N6O3S2/c1-6-8-18-20-21(28(5)27-18)23(33)26-22(25-20)17-11-16(9-10-19(17)32-7-2)34(30,31)29-12-14(3)24-15(4)13-29/h9-11,14-15,24H,6-8,12-13H2,1-5H3,(H,25,26,33)/t14-,15-/m0/s1. The molecular weight excluding hydrogens is 472 g/mol.